The van der Waals surface area contributed by atoms with Crippen molar-refractivity contribution in [2.24, 2.45) is 0 Å². The van der Waals surface area contributed by atoms with Gasteiger partial charge in [0.05, 0.1) is 19.8 Å². The maximum Gasteiger partial charge on any atom is 0.416 e. The second-order valence-electron chi connectivity index (χ2n) is 6.38. The summed E-state index contributed by atoms with van der Waals surface area (Å²) in [5, 5.41) is 8.96. The minimum atomic E-state index is -4.52. The van der Waals surface area contributed by atoms with Gasteiger partial charge in [-0.3, -0.25) is 9.89 Å². The number of aromatic nitrogens is 3. The average molecular weight is 432 g/mol. The number of aromatic amines is 1. The molecular formula is C21H19F3N4O3. The monoisotopic (exact) mass is 432 g/mol. The number of alkyl halides is 3. The van der Waals surface area contributed by atoms with Crippen LogP contribution in [0.2, 0.25) is 0 Å². The van der Waals surface area contributed by atoms with Gasteiger partial charge >= 0.3 is 6.18 Å². The van der Waals surface area contributed by atoms with Crippen LogP contribution in [-0.4, -0.2) is 35.3 Å². The van der Waals surface area contributed by atoms with E-state index in [0.717, 1.165) is 12.1 Å². The van der Waals surface area contributed by atoms with Crippen LogP contribution in [-0.2, 0) is 11.0 Å². The molecule has 7 nitrogen and oxygen atoms in total. The number of H-pyrrole nitrogens is 1. The fraction of sp³-hybridized carbons (Fsp3) is 0.190. The fourth-order valence-electron chi connectivity index (χ4n) is 2.87. The lowest BCUT2D eigenvalue weighted by Crippen LogP contribution is -2.29. The molecule has 1 atom stereocenters. The summed E-state index contributed by atoms with van der Waals surface area (Å²) in [4.78, 5) is 16.5. The normalized spacial score (nSPS) is 12.5. The predicted octanol–water partition coefficient (Wildman–Crippen LogP) is 3.76. The van der Waals surface area contributed by atoms with Gasteiger partial charge in [-0.15, -0.1) is 0 Å². The first kappa shape index (κ1) is 21.9. The standard InChI is InChI=1S/C21H19F3N4O3/c1-30-16-8-6-13(17(11-16)31-2)7-9-18(29)27-19(20-25-12-26-28-20)14-4-3-5-15(10-14)21(22,23)24/h3-12,19H,1-2H3,(H,27,29)(H,25,26,28). The van der Waals surface area contributed by atoms with Gasteiger partial charge in [-0.05, 0) is 35.9 Å². The Kier molecular flexibility index (Phi) is 6.58. The summed E-state index contributed by atoms with van der Waals surface area (Å²) in [7, 11) is 3.01. The molecule has 0 fully saturated rings. The van der Waals surface area contributed by atoms with Crippen LogP contribution in [0, 0.1) is 0 Å². The summed E-state index contributed by atoms with van der Waals surface area (Å²) in [6, 6.07) is 8.78. The van der Waals surface area contributed by atoms with Crippen LogP contribution in [0.25, 0.3) is 6.08 Å². The molecule has 162 valence electrons. The van der Waals surface area contributed by atoms with Crippen LogP contribution in [0.1, 0.15) is 28.6 Å². The molecular weight excluding hydrogens is 413 g/mol. The lowest BCUT2D eigenvalue weighted by Gasteiger charge is -2.17. The van der Waals surface area contributed by atoms with E-state index in [9.17, 15) is 18.0 Å². The van der Waals surface area contributed by atoms with Crippen molar-refractivity contribution in [1.82, 2.24) is 20.5 Å². The molecule has 1 aromatic heterocycles. The molecule has 3 aromatic rings. The van der Waals surface area contributed by atoms with E-state index in [1.807, 2.05) is 0 Å². The van der Waals surface area contributed by atoms with Gasteiger partial charge in [0.1, 0.15) is 23.9 Å². The van der Waals surface area contributed by atoms with Crippen molar-refractivity contribution in [3.05, 3.63) is 77.4 Å². The third-order valence-electron chi connectivity index (χ3n) is 4.40. The molecule has 0 aliphatic rings. The number of nitrogens with one attached hydrogen (secondary N) is 2. The zero-order valence-electron chi connectivity index (χ0n) is 16.6. The number of hydrogen-bond acceptors (Lipinski definition) is 5. The highest BCUT2D eigenvalue weighted by Crippen LogP contribution is 2.31. The number of methoxy groups -OCH3 is 2. The molecule has 0 saturated heterocycles. The number of benzene rings is 2. The molecule has 10 heteroatoms. The summed E-state index contributed by atoms with van der Waals surface area (Å²) in [6.45, 7) is 0. The van der Waals surface area contributed by atoms with Gasteiger partial charge < -0.3 is 14.8 Å². The van der Waals surface area contributed by atoms with Crippen LogP contribution in [0.15, 0.2) is 54.9 Å². The predicted molar refractivity (Wildman–Crippen MR) is 106 cm³/mol. The summed E-state index contributed by atoms with van der Waals surface area (Å²) in [6.07, 6.45) is -0.532. The molecule has 0 radical (unpaired) electrons. The quantitative estimate of drug-likeness (QED) is 0.555. The van der Waals surface area contributed by atoms with Crippen LogP contribution in [0.4, 0.5) is 13.2 Å². The van der Waals surface area contributed by atoms with Crippen molar-refractivity contribution in [2.45, 2.75) is 12.2 Å². The van der Waals surface area contributed by atoms with E-state index in [1.54, 1.807) is 18.2 Å². The van der Waals surface area contributed by atoms with Gasteiger partial charge in [0.2, 0.25) is 5.91 Å². The summed E-state index contributed by atoms with van der Waals surface area (Å²) in [5.74, 6) is 0.737. The lowest BCUT2D eigenvalue weighted by molar-refractivity contribution is -0.137. The van der Waals surface area contributed by atoms with Gasteiger partial charge in [-0.2, -0.15) is 18.3 Å². The molecule has 0 bridgehead atoms. The fourth-order valence-corrected chi connectivity index (χ4v) is 2.87. The van der Waals surface area contributed by atoms with E-state index in [-0.39, 0.29) is 11.4 Å². The van der Waals surface area contributed by atoms with Gasteiger partial charge in [-0.1, -0.05) is 12.1 Å². The largest absolute Gasteiger partial charge is 0.497 e. The van der Waals surface area contributed by atoms with E-state index < -0.39 is 23.7 Å². The van der Waals surface area contributed by atoms with Crippen LogP contribution < -0.4 is 14.8 Å². The molecule has 2 N–H and O–H groups in total. The SMILES string of the molecule is COc1ccc(C=CC(=O)NC(c2cccc(C(F)(F)F)c2)c2ncn[nH]2)c(OC)c1. The highest BCUT2D eigenvalue weighted by molar-refractivity contribution is 5.92. The third kappa shape index (κ3) is 5.41. The molecule has 31 heavy (non-hydrogen) atoms. The highest BCUT2D eigenvalue weighted by Gasteiger charge is 2.31. The van der Waals surface area contributed by atoms with Crippen molar-refractivity contribution in [1.29, 1.82) is 0 Å². The lowest BCUT2D eigenvalue weighted by atomic mass is 10.0. The number of carbonyl (C=O) groups excluding carboxylic acids is 1. The highest BCUT2D eigenvalue weighted by atomic mass is 19.4. The average Bonchev–Trinajstić information content (AvgIpc) is 3.30. The second-order valence-corrected chi connectivity index (χ2v) is 6.38. The number of amides is 1. The minimum Gasteiger partial charge on any atom is -0.497 e. The first-order valence-electron chi connectivity index (χ1n) is 9.05. The Morgan fingerprint density at radius 3 is 2.61 bits per heavy atom. The molecule has 3 rings (SSSR count). The van der Waals surface area contributed by atoms with E-state index >= 15 is 0 Å². The Morgan fingerprint density at radius 1 is 1.16 bits per heavy atom. The molecule has 0 aliphatic carbocycles. The minimum absolute atomic E-state index is 0.197. The Hall–Kier alpha value is -3.82. The zero-order valence-corrected chi connectivity index (χ0v) is 16.6. The maximum absolute atomic E-state index is 13.1. The molecule has 0 aliphatic heterocycles. The second kappa shape index (κ2) is 9.33. The Labute approximate surface area is 175 Å². The van der Waals surface area contributed by atoms with E-state index in [0.29, 0.717) is 17.1 Å². The first-order chi connectivity index (χ1) is 14.8. The van der Waals surface area contributed by atoms with E-state index in [2.05, 4.69) is 20.5 Å². The third-order valence-corrected chi connectivity index (χ3v) is 4.40. The summed E-state index contributed by atoms with van der Waals surface area (Å²) < 4.78 is 49.8. The number of halogens is 3. The van der Waals surface area contributed by atoms with Gasteiger partial charge in [0, 0.05) is 17.7 Å². The smallest absolute Gasteiger partial charge is 0.416 e. The number of hydrogen-bond donors (Lipinski definition) is 2. The zero-order chi connectivity index (χ0) is 22.4. The van der Waals surface area contributed by atoms with E-state index in [4.69, 9.17) is 9.47 Å². The number of carbonyl (C=O) groups is 1. The number of rotatable bonds is 7. The Bertz CT molecular complexity index is 1070. The van der Waals surface area contributed by atoms with Gasteiger partial charge in [0.15, 0.2) is 5.82 Å². The van der Waals surface area contributed by atoms with Gasteiger partial charge in [-0.25, -0.2) is 4.98 Å². The van der Waals surface area contributed by atoms with Crippen molar-refractivity contribution < 1.29 is 27.4 Å². The number of ether oxygens (including phenoxy) is 2. The summed E-state index contributed by atoms with van der Waals surface area (Å²) in [5.41, 5.74) is -0.00800. The van der Waals surface area contributed by atoms with E-state index in [1.165, 1.54) is 44.8 Å². The molecule has 1 heterocycles. The first-order valence-corrected chi connectivity index (χ1v) is 9.05. The van der Waals surface area contributed by atoms with Crippen molar-refractivity contribution in [2.75, 3.05) is 14.2 Å². The number of nitrogens with zero attached hydrogens (tertiary/aromatic N) is 2. The van der Waals surface area contributed by atoms with Crippen molar-refractivity contribution in [3.63, 3.8) is 0 Å². The van der Waals surface area contributed by atoms with Crippen LogP contribution >= 0.6 is 0 Å². The molecule has 1 amide bonds. The Morgan fingerprint density at radius 2 is 1.97 bits per heavy atom. The van der Waals surface area contributed by atoms with Gasteiger partial charge in [0.25, 0.3) is 0 Å². The maximum atomic E-state index is 13.1. The summed E-state index contributed by atoms with van der Waals surface area (Å²) >= 11 is 0. The Balaban J connectivity index is 1.85. The molecule has 0 saturated carbocycles. The van der Waals surface area contributed by atoms with Crippen molar-refractivity contribution in [3.8, 4) is 11.5 Å². The van der Waals surface area contributed by atoms with Crippen molar-refractivity contribution >= 4 is 12.0 Å². The molecule has 2 aromatic carbocycles. The molecule has 1 unspecified atom stereocenters. The van der Waals surface area contributed by atoms with Crippen LogP contribution in [0.3, 0.4) is 0 Å². The topological polar surface area (TPSA) is 89.1 Å². The molecule has 0 spiro atoms. The van der Waals surface area contributed by atoms with Crippen LogP contribution in [0.5, 0.6) is 11.5 Å².